The van der Waals surface area contributed by atoms with Crippen LogP contribution in [0, 0.1) is 0 Å². The maximum absolute atomic E-state index is 2.19. The first kappa shape index (κ1) is 18.8. The molecule has 0 bridgehead atoms. The molecular formula is C9H29N3Si. The van der Waals surface area contributed by atoms with Gasteiger partial charge in [0, 0.05) is 10.2 Å². The van der Waals surface area contributed by atoms with Crippen LogP contribution in [0.2, 0.25) is 0 Å². The molecule has 0 amide bonds. The van der Waals surface area contributed by atoms with E-state index in [4.69, 9.17) is 0 Å². The van der Waals surface area contributed by atoms with E-state index in [0.29, 0.717) is 0 Å². The third-order valence-corrected chi connectivity index (χ3v) is 1.90. The molecule has 0 radical (unpaired) electrons. The van der Waals surface area contributed by atoms with E-state index in [9.17, 15) is 0 Å². The van der Waals surface area contributed by atoms with Crippen LogP contribution >= 0.6 is 0 Å². The van der Waals surface area contributed by atoms with Gasteiger partial charge in [-0.05, 0) is 62.5 Å². The molecule has 4 heteroatoms. The molecule has 84 valence electrons. The lowest BCUT2D eigenvalue weighted by atomic mass is 11.0. The first-order valence-electron chi connectivity index (χ1n) is 4.60. The number of rotatable bonds is 1. The van der Waals surface area contributed by atoms with E-state index in [1.54, 1.807) is 0 Å². The van der Waals surface area contributed by atoms with Crippen LogP contribution in [0.5, 0.6) is 0 Å². The fourth-order valence-electron chi connectivity index (χ4n) is 0. The summed E-state index contributed by atoms with van der Waals surface area (Å²) >= 11 is 0. The zero-order chi connectivity index (χ0) is 11.4. The number of hydrogen-bond donors (Lipinski definition) is 0. The maximum Gasteiger partial charge on any atom is 0.0204 e. The molecule has 0 saturated heterocycles. The normalized spacial score (nSPS) is 9.46. The topological polar surface area (TPSA) is 9.72 Å². The molecule has 0 N–H and O–H groups in total. The molecule has 0 aromatic rings. The van der Waals surface area contributed by atoms with Gasteiger partial charge in [-0.25, -0.2) is 0 Å². The number of hydrogen-bond acceptors (Lipinski definition) is 3. The summed E-state index contributed by atoms with van der Waals surface area (Å²) in [6.45, 7) is 0. The van der Waals surface area contributed by atoms with E-state index in [-0.39, 0.29) is 0 Å². The SMILES string of the molecule is CN(C)C.CN(C)C.CN(C)C[SiH3]. The fourth-order valence-corrected chi connectivity index (χ4v) is 0. The molecule has 13 heavy (non-hydrogen) atoms. The van der Waals surface area contributed by atoms with E-state index in [2.05, 4.69) is 19.0 Å². The van der Waals surface area contributed by atoms with Crippen molar-refractivity contribution in [1.29, 1.82) is 0 Å². The largest absolute Gasteiger partial charge is 0.313 e. The Bertz CT molecular complexity index is 63.8. The Balaban J connectivity index is -0.000000117. The van der Waals surface area contributed by atoms with Crippen LogP contribution < -0.4 is 0 Å². The van der Waals surface area contributed by atoms with Crippen LogP contribution in [0.15, 0.2) is 0 Å². The second-order valence-corrected chi connectivity index (χ2v) is 4.71. The van der Waals surface area contributed by atoms with E-state index >= 15 is 0 Å². The molecule has 0 saturated carbocycles. The molecular weight excluding hydrogens is 178 g/mol. The summed E-state index contributed by atoms with van der Waals surface area (Å²) < 4.78 is 0. The molecule has 0 spiro atoms. The third kappa shape index (κ3) is 280. The second-order valence-electron chi connectivity index (χ2n) is 4.08. The molecule has 0 aliphatic heterocycles. The monoisotopic (exact) mass is 207 g/mol. The zero-order valence-corrected chi connectivity index (χ0v) is 13.0. The zero-order valence-electron chi connectivity index (χ0n) is 11.0. The van der Waals surface area contributed by atoms with Crippen molar-refractivity contribution in [3.8, 4) is 0 Å². The minimum Gasteiger partial charge on any atom is -0.313 e. The summed E-state index contributed by atoms with van der Waals surface area (Å²) in [5.41, 5.74) is 0. The van der Waals surface area contributed by atoms with Gasteiger partial charge in [0.1, 0.15) is 0 Å². The van der Waals surface area contributed by atoms with Gasteiger partial charge in [0.15, 0.2) is 0 Å². The molecule has 0 atom stereocenters. The standard InChI is InChI=1S/C3H11NSi.2C3H9N/c1-4(2)3-5;2*1-4(2)3/h3H2,1-2,5H3;2*1-3H3. The lowest BCUT2D eigenvalue weighted by Crippen LogP contribution is -2.11. The van der Waals surface area contributed by atoms with Crippen LogP contribution in [0.1, 0.15) is 0 Å². The van der Waals surface area contributed by atoms with Crippen molar-refractivity contribution in [3.05, 3.63) is 0 Å². The van der Waals surface area contributed by atoms with Gasteiger partial charge in [0.05, 0.1) is 0 Å². The van der Waals surface area contributed by atoms with Crippen molar-refractivity contribution in [2.24, 2.45) is 0 Å². The molecule has 0 fully saturated rings. The average Bonchev–Trinajstić information content (AvgIpc) is 1.84. The molecule has 0 aliphatic rings. The van der Waals surface area contributed by atoms with E-state index < -0.39 is 0 Å². The highest BCUT2D eigenvalue weighted by Gasteiger charge is 1.72. The van der Waals surface area contributed by atoms with Crippen LogP contribution in [0.3, 0.4) is 0 Å². The van der Waals surface area contributed by atoms with Crippen molar-refractivity contribution >= 4 is 10.2 Å². The highest BCUT2D eigenvalue weighted by molar-refractivity contribution is 6.08. The molecule has 0 aliphatic carbocycles. The Kier molecular flexibility index (Phi) is 21.1. The predicted octanol–water partition coefficient (Wildman–Crippen LogP) is -0.773. The molecule has 0 heterocycles. The van der Waals surface area contributed by atoms with Crippen molar-refractivity contribution in [1.82, 2.24) is 14.7 Å². The summed E-state index contributed by atoms with van der Waals surface area (Å²) in [6.07, 6.45) is 1.28. The molecule has 0 unspecified atom stereocenters. The van der Waals surface area contributed by atoms with Crippen LogP contribution in [0.4, 0.5) is 0 Å². The maximum atomic E-state index is 2.19. The van der Waals surface area contributed by atoms with Crippen molar-refractivity contribution in [3.63, 3.8) is 0 Å². The van der Waals surface area contributed by atoms with Gasteiger partial charge in [-0.3, -0.25) is 0 Å². The Hall–Kier alpha value is 0.0969. The van der Waals surface area contributed by atoms with Gasteiger partial charge in [-0.15, -0.1) is 0 Å². The molecule has 0 rings (SSSR count). The number of nitrogens with zero attached hydrogens (tertiary/aromatic N) is 3. The average molecular weight is 207 g/mol. The molecule has 0 aromatic carbocycles. The van der Waals surface area contributed by atoms with Gasteiger partial charge >= 0.3 is 0 Å². The Morgan fingerprint density at radius 1 is 0.692 bits per heavy atom. The second kappa shape index (κ2) is 14.6. The lowest BCUT2D eigenvalue weighted by molar-refractivity contribution is 0.480. The minimum absolute atomic E-state index is 1.28. The van der Waals surface area contributed by atoms with Gasteiger partial charge in [0.25, 0.3) is 0 Å². The first-order chi connectivity index (χ1) is 5.73. The van der Waals surface area contributed by atoms with Crippen molar-refractivity contribution in [2.45, 2.75) is 0 Å². The summed E-state index contributed by atoms with van der Waals surface area (Å²) in [7, 11) is 17.5. The van der Waals surface area contributed by atoms with Crippen molar-refractivity contribution < 1.29 is 0 Å². The Labute approximate surface area is 88.1 Å². The highest BCUT2D eigenvalue weighted by atomic mass is 28.1. The quantitative estimate of drug-likeness (QED) is 0.523. The summed E-state index contributed by atoms with van der Waals surface area (Å²) in [6, 6.07) is 0. The van der Waals surface area contributed by atoms with E-state index in [1.807, 2.05) is 52.1 Å². The minimum atomic E-state index is 1.28. The lowest BCUT2D eigenvalue weighted by Gasteiger charge is -2.00. The van der Waals surface area contributed by atoms with Crippen LogP contribution in [-0.4, -0.2) is 87.5 Å². The molecule has 3 nitrogen and oxygen atoms in total. The molecule has 0 aromatic heterocycles. The summed E-state index contributed by atoms with van der Waals surface area (Å²) in [5.74, 6) is 0. The third-order valence-electron chi connectivity index (χ3n) is 0.632. The fraction of sp³-hybridized carbons (Fsp3) is 1.00. The van der Waals surface area contributed by atoms with Gasteiger partial charge < -0.3 is 14.7 Å². The first-order valence-corrected chi connectivity index (χ1v) is 6.02. The van der Waals surface area contributed by atoms with Crippen LogP contribution in [0.25, 0.3) is 0 Å². The highest BCUT2D eigenvalue weighted by Crippen LogP contribution is 1.59. The van der Waals surface area contributed by atoms with E-state index in [0.717, 1.165) is 0 Å². The van der Waals surface area contributed by atoms with Gasteiger partial charge in [-0.2, -0.15) is 0 Å². The smallest absolute Gasteiger partial charge is 0.0204 e. The Morgan fingerprint density at radius 3 is 0.769 bits per heavy atom. The summed E-state index contributed by atoms with van der Waals surface area (Å²) in [4.78, 5) is 6.19. The van der Waals surface area contributed by atoms with Crippen molar-refractivity contribution in [2.75, 3.05) is 62.5 Å². The van der Waals surface area contributed by atoms with E-state index in [1.165, 1.54) is 16.4 Å². The summed E-state index contributed by atoms with van der Waals surface area (Å²) in [5, 5.41) is 0. The predicted molar refractivity (Wildman–Crippen MR) is 67.7 cm³/mol. The van der Waals surface area contributed by atoms with Crippen LogP contribution in [-0.2, 0) is 0 Å². The van der Waals surface area contributed by atoms with Gasteiger partial charge in [-0.1, -0.05) is 0 Å². The Morgan fingerprint density at radius 2 is 0.769 bits per heavy atom. The van der Waals surface area contributed by atoms with Gasteiger partial charge in [0.2, 0.25) is 0 Å².